The number of carbonyl (C=O) groups is 2. The van der Waals surface area contributed by atoms with Crippen LogP contribution in [0.3, 0.4) is 0 Å². The number of alkyl halides is 1. The normalized spacial score (nSPS) is 17.0. The Morgan fingerprint density at radius 1 is 1.06 bits per heavy atom. The highest BCUT2D eigenvalue weighted by Gasteiger charge is 2.24. The molecule has 1 atom stereocenters. The Morgan fingerprint density at radius 2 is 1.56 bits per heavy atom. The van der Waals surface area contributed by atoms with Crippen LogP contribution in [-0.4, -0.2) is 11.8 Å². The van der Waals surface area contributed by atoms with Crippen LogP contribution in [0.15, 0.2) is 36.4 Å². The molecule has 0 aromatic heterocycles. The van der Waals surface area contributed by atoms with E-state index in [1.807, 2.05) is 19.1 Å². The van der Waals surface area contributed by atoms with Gasteiger partial charge < -0.3 is 0 Å². The molecule has 0 bridgehead atoms. The summed E-state index contributed by atoms with van der Waals surface area (Å²) in [5.41, 5.74) is 1.53. The van der Waals surface area contributed by atoms with E-state index in [1.54, 1.807) is 12.1 Å². The maximum Gasteiger partial charge on any atom is 0.258 e. The van der Waals surface area contributed by atoms with Gasteiger partial charge in [-0.05, 0) is 24.6 Å². The first-order valence-corrected chi connectivity index (χ1v) is 5.33. The van der Waals surface area contributed by atoms with Crippen LogP contribution in [-0.2, 0) is 9.59 Å². The van der Waals surface area contributed by atoms with E-state index < -0.39 is 0 Å². The fourth-order valence-electron chi connectivity index (χ4n) is 1.54. The number of anilines is 1. The van der Waals surface area contributed by atoms with Crippen molar-refractivity contribution in [3.05, 3.63) is 42.0 Å². The molecule has 4 heteroatoms. The van der Waals surface area contributed by atoms with Crippen molar-refractivity contribution >= 4 is 29.1 Å². The summed E-state index contributed by atoms with van der Waals surface area (Å²) in [6, 6.07) is 7.06. The molecule has 1 aliphatic heterocycles. The minimum atomic E-state index is -0.309. The summed E-state index contributed by atoms with van der Waals surface area (Å²) in [4.78, 5) is 23.9. The van der Waals surface area contributed by atoms with Gasteiger partial charge in [-0.15, -0.1) is 11.6 Å². The summed E-state index contributed by atoms with van der Waals surface area (Å²) < 4.78 is 0. The summed E-state index contributed by atoms with van der Waals surface area (Å²) in [5.74, 6) is -0.617. The van der Waals surface area contributed by atoms with Gasteiger partial charge in [0.2, 0.25) is 0 Å². The monoisotopic (exact) mass is 235 g/mol. The highest BCUT2D eigenvalue weighted by atomic mass is 35.5. The molecule has 1 unspecified atom stereocenters. The number of hydrogen-bond donors (Lipinski definition) is 0. The molecule has 0 fully saturated rings. The number of rotatable bonds is 2. The van der Waals surface area contributed by atoms with Crippen molar-refractivity contribution in [2.75, 3.05) is 4.90 Å². The third kappa shape index (κ3) is 1.86. The Bertz CT molecular complexity index is 444. The second-order valence-electron chi connectivity index (χ2n) is 3.55. The van der Waals surface area contributed by atoms with Gasteiger partial charge in [-0.1, -0.05) is 12.1 Å². The van der Waals surface area contributed by atoms with Gasteiger partial charge in [0.25, 0.3) is 11.8 Å². The van der Waals surface area contributed by atoms with Crippen LogP contribution in [0.4, 0.5) is 5.69 Å². The Hall–Kier alpha value is -1.61. The third-order valence-corrected chi connectivity index (χ3v) is 2.67. The molecular formula is C12H10ClNO2. The van der Waals surface area contributed by atoms with Crippen LogP contribution in [0.1, 0.15) is 17.9 Å². The quantitative estimate of drug-likeness (QED) is 0.583. The van der Waals surface area contributed by atoms with Gasteiger partial charge in [0.05, 0.1) is 11.1 Å². The van der Waals surface area contributed by atoms with E-state index in [1.165, 1.54) is 12.2 Å². The first kappa shape index (κ1) is 10.9. The lowest BCUT2D eigenvalue weighted by Gasteiger charge is -2.14. The number of nitrogens with zero attached hydrogens (tertiary/aromatic N) is 1. The van der Waals surface area contributed by atoms with Gasteiger partial charge in [-0.25, -0.2) is 4.90 Å². The fourth-order valence-corrected chi connectivity index (χ4v) is 1.69. The standard InChI is InChI=1S/C12H10ClNO2/c1-8(13)9-2-4-10(5-3-9)14-11(15)6-7-12(14)16/h2-8H,1H3. The van der Waals surface area contributed by atoms with Crippen LogP contribution >= 0.6 is 11.6 Å². The van der Waals surface area contributed by atoms with Crippen molar-refractivity contribution in [2.45, 2.75) is 12.3 Å². The zero-order valence-electron chi connectivity index (χ0n) is 8.68. The van der Waals surface area contributed by atoms with Gasteiger partial charge >= 0.3 is 0 Å². The molecular weight excluding hydrogens is 226 g/mol. The number of halogens is 1. The number of imide groups is 1. The molecule has 0 saturated carbocycles. The average Bonchev–Trinajstić information content (AvgIpc) is 2.59. The maximum atomic E-state index is 11.4. The van der Waals surface area contributed by atoms with Crippen molar-refractivity contribution in [3.63, 3.8) is 0 Å². The molecule has 0 N–H and O–H groups in total. The summed E-state index contributed by atoms with van der Waals surface area (Å²) in [6.45, 7) is 1.87. The number of hydrogen-bond acceptors (Lipinski definition) is 2. The van der Waals surface area contributed by atoms with Crippen molar-refractivity contribution in [1.82, 2.24) is 0 Å². The van der Waals surface area contributed by atoms with Gasteiger partial charge in [0.15, 0.2) is 0 Å². The molecule has 1 aliphatic rings. The SMILES string of the molecule is CC(Cl)c1ccc(N2C(=O)C=CC2=O)cc1. The van der Waals surface area contributed by atoms with Gasteiger partial charge in [0.1, 0.15) is 0 Å². The first-order valence-electron chi connectivity index (χ1n) is 4.90. The highest BCUT2D eigenvalue weighted by molar-refractivity contribution is 6.28. The second kappa shape index (κ2) is 4.10. The van der Waals surface area contributed by atoms with Crippen LogP contribution in [0.5, 0.6) is 0 Å². The van der Waals surface area contributed by atoms with E-state index in [4.69, 9.17) is 11.6 Å². The molecule has 2 rings (SSSR count). The predicted octanol–water partition coefficient (Wildman–Crippen LogP) is 2.42. The molecule has 1 aromatic carbocycles. The molecule has 0 aliphatic carbocycles. The molecule has 82 valence electrons. The molecule has 3 nitrogen and oxygen atoms in total. The van der Waals surface area contributed by atoms with E-state index in [9.17, 15) is 9.59 Å². The topological polar surface area (TPSA) is 37.4 Å². The van der Waals surface area contributed by atoms with Gasteiger partial charge in [-0.2, -0.15) is 0 Å². The molecule has 2 amide bonds. The maximum absolute atomic E-state index is 11.4. The Labute approximate surface area is 98.3 Å². The number of benzene rings is 1. The minimum absolute atomic E-state index is 0.0860. The third-order valence-electron chi connectivity index (χ3n) is 2.42. The summed E-state index contributed by atoms with van der Waals surface area (Å²) >= 11 is 5.91. The summed E-state index contributed by atoms with van der Waals surface area (Å²) in [5, 5.41) is -0.0860. The van der Waals surface area contributed by atoms with Crippen molar-refractivity contribution < 1.29 is 9.59 Å². The lowest BCUT2D eigenvalue weighted by molar-refractivity contribution is -0.119. The zero-order chi connectivity index (χ0) is 11.7. The molecule has 0 spiro atoms. The first-order chi connectivity index (χ1) is 7.59. The lowest BCUT2D eigenvalue weighted by Crippen LogP contribution is -2.29. The van der Waals surface area contributed by atoms with E-state index >= 15 is 0 Å². The fraction of sp³-hybridized carbons (Fsp3) is 0.167. The molecule has 0 radical (unpaired) electrons. The van der Waals surface area contributed by atoms with Crippen molar-refractivity contribution in [1.29, 1.82) is 0 Å². The summed E-state index contributed by atoms with van der Waals surface area (Å²) in [7, 11) is 0. The predicted molar refractivity (Wildman–Crippen MR) is 62.3 cm³/mol. The van der Waals surface area contributed by atoms with Crippen LogP contribution in [0.25, 0.3) is 0 Å². The second-order valence-corrected chi connectivity index (χ2v) is 4.21. The molecule has 1 heterocycles. The van der Waals surface area contributed by atoms with Crippen LogP contribution < -0.4 is 4.90 Å². The van der Waals surface area contributed by atoms with Crippen molar-refractivity contribution in [2.24, 2.45) is 0 Å². The van der Waals surface area contributed by atoms with E-state index in [2.05, 4.69) is 0 Å². The largest absolute Gasteiger partial charge is 0.269 e. The smallest absolute Gasteiger partial charge is 0.258 e. The van der Waals surface area contributed by atoms with Crippen LogP contribution in [0.2, 0.25) is 0 Å². The number of amides is 2. The zero-order valence-corrected chi connectivity index (χ0v) is 9.44. The Balaban J connectivity index is 2.29. The number of carbonyl (C=O) groups excluding carboxylic acids is 2. The van der Waals surface area contributed by atoms with E-state index in [0.29, 0.717) is 5.69 Å². The Morgan fingerprint density at radius 3 is 2.00 bits per heavy atom. The average molecular weight is 236 g/mol. The lowest BCUT2D eigenvalue weighted by atomic mass is 10.1. The van der Waals surface area contributed by atoms with Gasteiger partial charge in [0, 0.05) is 12.2 Å². The highest BCUT2D eigenvalue weighted by Crippen LogP contribution is 2.24. The molecule has 0 saturated heterocycles. The van der Waals surface area contributed by atoms with Crippen molar-refractivity contribution in [3.8, 4) is 0 Å². The van der Waals surface area contributed by atoms with E-state index in [0.717, 1.165) is 10.5 Å². The molecule has 1 aromatic rings. The van der Waals surface area contributed by atoms with Crippen LogP contribution in [0, 0.1) is 0 Å². The minimum Gasteiger partial charge on any atom is -0.269 e. The molecule has 16 heavy (non-hydrogen) atoms. The van der Waals surface area contributed by atoms with E-state index in [-0.39, 0.29) is 17.2 Å². The Kier molecular flexibility index (Phi) is 2.79. The summed E-state index contributed by atoms with van der Waals surface area (Å²) in [6.07, 6.45) is 2.53. The van der Waals surface area contributed by atoms with Gasteiger partial charge in [-0.3, -0.25) is 9.59 Å².